The Morgan fingerprint density at radius 1 is 0.317 bits per heavy atom. The normalized spacial score (nSPS) is 11.8. The van der Waals surface area contributed by atoms with E-state index in [9.17, 15) is 0 Å². The Kier molecular flexibility index (Phi) is 7.84. The Labute approximate surface area is 362 Å². The first-order valence-corrected chi connectivity index (χ1v) is 21.3. The van der Waals surface area contributed by atoms with E-state index in [2.05, 4.69) is 192 Å². The second-order valence-corrected chi connectivity index (χ2v) is 16.2. The van der Waals surface area contributed by atoms with Gasteiger partial charge in [0.15, 0.2) is 11.5 Å². The molecule has 63 heavy (non-hydrogen) atoms. The predicted octanol–water partition coefficient (Wildman–Crippen LogP) is 14.8. The summed E-state index contributed by atoms with van der Waals surface area (Å²) >= 11 is 0. The number of imidazole rings is 1. The van der Waals surface area contributed by atoms with Crippen LogP contribution in [0.1, 0.15) is 0 Å². The van der Waals surface area contributed by atoms with Gasteiger partial charge < -0.3 is 0 Å². The van der Waals surface area contributed by atoms with E-state index in [1.165, 1.54) is 26.9 Å². The molecule has 0 aliphatic carbocycles. The highest BCUT2D eigenvalue weighted by Crippen LogP contribution is 2.40. The van der Waals surface area contributed by atoms with Crippen LogP contribution in [0.3, 0.4) is 0 Å². The van der Waals surface area contributed by atoms with Gasteiger partial charge in [-0.3, -0.25) is 4.40 Å². The van der Waals surface area contributed by atoms with Gasteiger partial charge >= 0.3 is 0 Å². The second-order valence-electron chi connectivity index (χ2n) is 16.2. The molecule has 5 nitrogen and oxygen atoms in total. The number of benzene rings is 9. The smallest absolute Gasteiger partial charge is 0.165 e. The third-order valence-corrected chi connectivity index (χ3v) is 12.6. The highest BCUT2D eigenvalue weighted by atomic mass is 15.1. The molecule has 4 aromatic heterocycles. The van der Waals surface area contributed by atoms with Crippen LogP contribution in [0.4, 0.5) is 0 Å². The summed E-state index contributed by atoms with van der Waals surface area (Å²) in [7, 11) is 0. The molecule has 0 fully saturated rings. The molecule has 0 atom stereocenters. The highest BCUT2D eigenvalue weighted by Gasteiger charge is 2.19. The molecule has 0 aliphatic rings. The first-order valence-electron chi connectivity index (χ1n) is 21.3. The minimum Gasteiger partial charge on any atom is -0.284 e. The summed E-state index contributed by atoms with van der Waals surface area (Å²) < 4.78 is 2.07. The van der Waals surface area contributed by atoms with Crippen LogP contribution in [-0.4, -0.2) is 24.3 Å². The second kappa shape index (κ2) is 14.0. The SMILES string of the molecule is c1cc(-c2ccc(-c3nc4c(nc5ccccn54)c4ccccc34)cc2)cc(-c2cc(-c3cc4ccccc4c4ccccc34)nc(-c3cc4ccccc4c4ccccc34)n2)c1. The van der Waals surface area contributed by atoms with Gasteiger partial charge in [0.1, 0.15) is 11.2 Å². The zero-order chi connectivity index (χ0) is 41.4. The summed E-state index contributed by atoms with van der Waals surface area (Å²) in [5.74, 6) is 0.694. The first-order chi connectivity index (χ1) is 31.2. The van der Waals surface area contributed by atoms with Crippen molar-refractivity contribution in [2.24, 2.45) is 0 Å². The molecule has 0 amide bonds. The Balaban J connectivity index is 0.973. The number of hydrogen-bond acceptors (Lipinski definition) is 4. The van der Waals surface area contributed by atoms with Crippen LogP contribution in [0.15, 0.2) is 212 Å². The van der Waals surface area contributed by atoms with E-state index in [4.69, 9.17) is 19.9 Å². The van der Waals surface area contributed by atoms with Gasteiger partial charge in [0, 0.05) is 39.2 Å². The molecule has 292 valence electrons. The van der Waals surface area contributed by atoms with Crippen LogP contribution in [0.2, 0.25) is 0 Å². The monoisotopic (exact) mass is 801 g/mol. The molecule has 0 bridgehead atoms. The van der Waals surface area contributed by atoms with E-state index in [0.717, 1.165) is 94.2 Å². The molecule has 9 aromatic carbocycles. The van der Waals surface area contributed by atoms with Crippen molar-refractivity contribution in [1.29, 1.82) is 0 Å². The maximum atomic E-state index is 5.46. The predicted molar refractivity (Wildman–Crippen MR) is 261 cm³/mol. The molecule has 5 heteroatoms. The van der Waals surface area contributed by atoms with Gasteiger partial charge in [-0.1, -0.05) is 170 Å². The Bertz CT molecular complexity index is 3840. The van der Waals surface area contributed by atoms with Gasteiger partial charge in [0.2, 0.25) is 0 Å². The van der Waals surface area contributed by atoms with Crippen molar-refractivity contribution in [3.8, 4) is 56.3 Å². The number of aromatic nitrogens is 5. The third kappa shape index (κ3) is 5.71. The topological polar surface area (TPSA) is 56.0 Å². The van der Waals surface area contributed by atoms with Crippen LogP contribution in [0, 0.1) is 0 Å². The molecule has 0 N–H and O–H groups in total. The molecule has 0 spiro atoms. The van der Waals surface area contributed by atoms with Gasteiger partial charge in [0.25, 0.3) is 0 Å². The number of fused-ring (bicyclic) bond motifs is 11. The fourth-order valence-electron chi connectivity index (χ4n) is 9.59. The summed E-state index contributed by atoms with van der Waals surface area (Å²) in [5, 5.41) is 11.6. The maximum absolute atomic E-state index is 5.46. The maximum Gasteiger partial charge on any atom is 0.165 e. The van der Waals surface area contributed by atoms with Gasteiger partial charge in [-0.2, -0.15) is 0 Å². The molecular formula is C58H35N5. The van der Waals surface area contributed by atoms with Gasteiger partial charge in [0.05, 0.1) is 17.1 Å². The Hall–Kier alpha value is -8.54. The fraction of sp³-hybridized carbons (Fsp3) is 0. The van der Waals surface area contributed by atoms with Crippen molar-refractivity contribution in [2.45, 2.75) is 0 Å². The van der Waals surface area contributed by atoms with Crippen molar-refractivity contribution in [2.75, 3.05) is 0 Å². The van der Waals surface area contributed by atoms with Crippen molar-refractivity contribution in [1.82, 2.24) is 24.3 Å². The Morgan fingerprint density at radius 3 is 1.60 bits per heavy atom. The van der Waals surface area contributed by atoms with E-state index in [1.807, 2.05) is 24.4 Å². The lowest BCUT2D eigenvalue weighted by Gasteiger charge is -2.15. The number of nitrogens with zero attached hydrogens (tertiary/aromatic N) is 5. The summed E-state index contributed by atoms with van der Waals surface area (Å²) in [5.41, 5.74) is 11.7. The van der Waals surface area contributed by atoms with E-state index >= 15 is 0 Å². The van der Waals surface area contributed by atoms with Crippen LogP contribution < -0.4 is 0 Å². The third-order valence-electron chi connectivity index (χ3n) is 12.6. The quantitative estimate of drug-likeness (QED) is 0.163. The zero-order valence-corrected chi connectivity index (χ0v) is 33.9. The standard InChI is InChI=1S/C58H35N5/c1-3-18-42-39(14-1)33-50(46-22-7-5-20-44(42)46)53-35-52(59-57(60-53)51-34-40-15-2-4-19-43(40)45-21-6-8-23-47(45)51)41-17-13-16-38(32-41)36-27-29-37(30-28-36)55-48-24-9-10-25-49(48)56-58(62-55)63-31-12-11-26-54(63)61-56/h1-35H. The molecule has 0 unspecified atom stereocenters. The largest absolute Gasteiger partial charge is 0.284 e. The first kappa shape index (κ1) is 35.2. The highest BCUT2D eigenvalue weighted by molar-refractivity contribution is 6.15. The van der Waals surface area contributed by atoms with Gasteiger partial charge in [-0.15, -0.1) is 0 Å². The summed E-state index contributed by atoms with van der Waals surface area (Å²) in [6, 6.07) is 73.1. The molecular weight excluding hydrogens is 767 g/mol. The molecule has 0 saturated carbocycles. The molecule has 0 radical (unpaired) electrons. The summed E-state index contributed by atoms with van der Waals surface area (Å²) in [6.45, 7) is 0. The molecule has 0 saturated heterocycles. The van der Waals surface area contributed by atoms with Crippen molar-refractivity contribution >= 4 is 70.7 Å². The van der Waals surface area contributed by atoms with Crippen molar-refractivity contribution in [3.63, 3.8) is 0 Å². The van der Waals surface area contributed by atoms with E-state index in [-0.39, 0.29) is 0 Å². The number of hydrogen-bond donors (Lipinski definition) is 0. The molecule has 4 heterocycles. The van der Waals surface area contributed by atoms with Gasteiger partial charge in [-0.25, -0.2) is 19.9 Å². The number of rotatable bonds is 5. The lowest BCUT2D eigenvalue weighted by molar-refractivity contribution is 1.19. The minimum absolute atomic E-state index is 0.694. The lowest BCUT2D eigenvalue weighted by Crippen LogP contribution is -1.98. The zero-order valence-electron chi connectivity index (χ0n) is 33.9. The molecule has 0 aliphatic heterocycles. The number of pyridine rings is 2. The van der Waals surface area contributed by atoms with E-state index < -0.39 is 0 Å². The van der Waals surface area contributed by atoms with Crippen LogP contribution in [0.25, 0.3) is 127 Å². The van der Waals surface area contributed by atoms with Crippen molar-refractivity contribution < 1.29 is 0 Å². The van der Waals surface area contributed by atoms with E-state index in [0.29, 0.717) is 5.82 Å². The van der Waals surface area contributed by atoms with Crippen LogP contribution in [0.5, 0.6) is 0 Å². The van der Waals surface area contributed by atoms with Gasteiger partial charge in [-0.05, 0) is 90.6 Å². The molecule has 13 aromatic rings. The average Bonchev–Trinajstić information content (AvgIpc) is 3.74. The lowest BCUT2D eigenvalue weighted by atomic mass is 9.94. The van der Waals surface area contributed by atoms with Crippen LogP contribution in [-0.2, 0) is 0 Å². The van der Waals surface area contributed by atoms with Crippen molar-refractivity contribution in [3.05, 3.63) is 212 Å². The molecule has 13 rings (SSSR count). The van der Waals surface area contributed by atoms with E-state index in [1.54, 1.807) is 0 Å². The Morgan fingerprint density at radius 2 is 0.873 bits per heavy atom. The average molecular weight is 802 g/mol. The fourth-order valence-corrected chi connectivity index (χ4v) is 9.59. The summed E-state index contributed by atoms with van der Waals surface area (Å²) in [6.07, 6.45) is 2.03. The summed E-state index contributed by atoms with van der Waals surface area (Å²) in [4.78, 5) is 21.1. The minimum atomic E-state index is 0.694. The van der Waals surface area contributed by atoms with Crippen LogP contribution >= 0.6 is 0 Å².